The Balaban J connectivity index is 2.10. The summed E-state index contributed by atoms with van der Waals surface area (Å²) in [7, 11) is 0. The molecule has 2 rings (SSSR count). The molecule has 1 aromatic carbocycles. The van der Waals surface area contributed by atoms with Gasteiger partial charge in [-0.15, -0.1) is 0 Å². The number of nitrogen functional groups attached to an aromatic ring is 1. The molecule has 0 saturated carbocycles. The third kappa shape index (κ3) is 3.85. The molecule has 0 unspecified atom stereocenters. The molecule has 20 heavy (non-hydrogen) atoms. The predicted molar refractivity (Wildman–Crippen MR) is 84.9 cm³/mol. The van der Waals surface area contributed by atoms with Crippen molar-refractivity contribution < 1.29 is 0 Å². The molecule has 0 spiro atoms. The van der Waals surface area contributed by atoms with Crippen molar-refractivity contribution in [3.63, 3.8) is 0 Å². The lowest BCUT2D eigenvalue weighted by Gasteiger charge is -2.21. The topological polar surface area (TPSA) is 42.2 Å². The number of hydrogen-bond acceptors (Lipinski definition) is 3. The highest BCUT2D eigenvalue weighted by molar-refractivity contribution is 6.38. The Bertz CT molecular complexity index is 550. The van der Waals surface area contributed by atoms with Gasteiger partial charge in [0.05, 0.1) is 15.7 Å². The van der Waals surface area contributed by atoms with Crippen molar-refractivity contribution in [1.29, 1.82) is 0 Å². The molecule has 2 N–H and O–H groups in total. The zero-order chi connectivity index (χ0) is 14.5. The summed E-state index contributed by atoms with van der Waals surface area (Å²) in [5.74, 6) is 0. The van der Waals surface area contributed by atoms with Gasteiger partial charge >= 0.3 is 0 Å². The van der Waals surface area contributed by atoms with Crippen LogP contribution >= 0.6 is 23.2 Å². The lowest BCUT2D eigenvalue weighted by atomic mass is 10.1. The lowest BCUT2D eigenvalue weighted by Crippen LogP contribution is -2.22. The van der Waals surface area contributed by atoms with E-state index in [1.807, 2.05) is 24.3 Å². The molecule has 3 nitrogen and oxygen atoms in total. The number of nitrogens with two attached hydrogens (primary N) is 1. The lowest BCUT2D eigenvalue weighted by molar-refractivity contribution is 0.271. The second-order valence-electron chi connectivity index (χ2n) is 4.63. The van der Waals surface area contributed by atoms with E-state index in [0.717, 1.165) is 25.2 Å². The molecule has 5 heteroatoms. The minimum atomic E-state index is 0.439. The molecule has 0 aliphatic heterocycles. The van der Waals surface area contributed by atoms with E-state index in [1.165, 1.54) is 5.56 Å². The van der Waals surface area contributed by atoms with Crippen molar-refractivity contribution in [1.82, 2.24) is 9.88 Å². The SMILES string of the molecule is CCN(Cc1ccncc1)Cc1cc(Cl)c(N)c(Cl)c1. The number of pyridine rings is 1. The van der Waals surface area contributed by atoms with Crippen LogP contribution in [0.25, 0.3) is 0 Å². The standard InChI is InChI=1S/C15H17Cl2N3/c1-2-20(9-11-3-5-19-6-4-11)10-12-7-13(16)15(18)14(17)8-12/h3-8H,2,9-10,18H2,1H3. The van der Waals surface area contributed by atoms with Gasteiger partial charge in [0.2, 0.25) is 0 Å². The summed E-state index contributed by atoms with van der Waals surface area (Å²) in [4.78, 5) is 6.33. The fraction of sp³-hybridized carbons (Fsp3) is 0.267. The molecule has 0 aliphatic carbocycles. The number of benzene rings is 1. The zero-order valence-electron chi connectivity index (χ0n) is 11.3. The Morgan fingerprint density at radius 2 is 1.60 bits per heavy atom. The van der Waals surface area contributed by atoms with E-state index in [0.29, 0.717) is 15.7 Å². The Morgan fingerprint density at radius 3 is 2.15 bits per heavy atom. The Kier molecular flexibility index (Phi) is 5.24. The summed E-state index contributed by atoms with van der Waals surface area (Å²) in [6.45, 7) is 4.70. The summed E-state index contributed by atoms with van der Waals surface area (Å²) in [6, 6.07) is 7.78. The normalized spacial score (nSPS) is 11.0. The molecule has 0 saturated heterocycles. The third-order valence-electron chi connectivity index (χ3n) is 3.15. The van der Waals surface area contributed by atoms with Gasteiger partial charge in [-0.1, -0.05) is 30.1 Å². The number of nitrogens with zero attached hydrogens (tertiary/aromatic N) is 2. The summed E-state index contributed by atoms with van der Waals surface area (Å²) < 4.78 is 0. The minimum absolute atomic E-state index is 0.439. The van der Waals surface area contributed by atoms with Gasteiger partial charge in [0, 0.05) is 25.5 Å². The Morgan fingerprint density at radius 1 is 1.05 bits per heavy atom. The molecule has 106 valence electrons. The molecular formula is C15H17Cl2N3. The summed E-state index contributed by atoms with van der Waals surface area (Å²) in [5.41, 5.74) is 8.48. The molecular weight excluding hydrogens is 293 g/mol. The van der Waals surface area contributed by atoms with Crippen LogP contribution in [0, 0.1) is 0 Å². The van der Waals surface area contributed by atoms with E-state index >= 15 is 0 Å². The van der Waals surface area contributed by atoms with E-state index < -0.39 is 0 Å². The molecule has 0 bridgehead atoms. The van der Waals surface area contributed by atoms with E-state index in [1.54, 1.807) is 12.4 Å². The fourth-order valence-electron chi connectivity index (χ4n) is 2.01. The number of halogens is 2. The maximum atomic E-state index is 6.07. The first kappa shape index (κ1) is 15.1. The zero-order valence-corrected chi connectivity index (χ0v) is 12.8. The van der Waals surface area contributed by atoms with Crippen LogP contribution in [-0.2, 0) is 13.1 Å². The first-order chi connectivity index (χ1) is 9.60. The molecule has 0 aliphatic rings. The maximum absolute atomic E-state index is 6.07. The van der Waals surface area contributed by atoms with Gasteiger partial charge in [-0.3, -0.25) is 9.88 Å². The number of rotatable bonds is 5. The van der Waals surface area contributed by atoms with Crippen LogP contribution in [-0.4, -0.2) is 16.4 Å². The van der Waals surface area contributed by atoms with Crippen molar-refractivity contribution in [2.24, 2.45) is 0 Å². The summed E-state index contributed by atoms with van der Waals surface area (Å²) >= 11 is 12.1. The van der Waals surface area contributed by atoms with Crippen LogP contribution in [0.5, 0.6) is 0 Å². The highest BCUT2D eigenvalue weighted by Crippen LogP contribution is 2.29. The average Bonchev–Trinajstić information content (AvgIpc) is 2.45. The van der Waals surface area contributed by atoms with Crippen LogP contribution in [0.4, 0.5) is 5.69 Å². The highest BCUT2D eigenvalue weighted by Gasteiger charge is 2.09. The van der Waals surface area contributed by atoms with Crippen molar-refractivity contribution in [3.05, 3.63) is 57.8 Å². The smallest absolute Gasteiger partial charge is 0.0693 e. The quantitative estimate of drug-likeness (QED) is 0.849. The van der Waals surface area contributed by atoms with Crippen LogP contribution in [0.1, 0.15) is 18.1 Å². The number of hydrogen-bond donors (Lipinski definition) is 1. The van der Waals surface area contributed by atoms with Gasteiger partial charge in [-0.2, -0.15) is 0 Å². The molecule has 2 aromatic rings. The fourth-order valence-corrected chi connectivity index (χ4v) is 2.54. The molecule has 1 heterocycles. The van der Waals surface area contributed by atoms with Gasteiger partial charge in [0.15, 0.2) is 0 Å². The van der Waals surface area contributed by atoms with Gasteiger partial charge in [-0.25, -0.2) is 0 Å². The molecule has 1 aromatic heterocycles. The Labute approximate surface area is 129 Å². The number of anilines is 1. The van der Waals surface area contributed by atoms with E-state index in [9.17, 15) is 0 Å². The average molecular weight is 310 g/mol. The largest absolute Gasteiger partial charge is 0.396 e. The second-order valence-corrected chi connectivity index (χ2v) is 5.45. The third-order valence-corrected chi connectivity index (χ3v) is 3.77. The van der Waals surface area contributed by atoms with E-state index in [-0.39, 0.29) is 0 Å². The number of aromatic nitrogens is 1. The van der Waals surface area contributed by atoms with Crippen LogP contribution < -0.4 is 5.73 Å². The molecule has 0 amide bonds. The van der Waals surface area contributed by atoms with Crippen molar-refractivity contribution in [2.75, 3.05) is 12.3 Å². The maximum Gasteiger partial charge on any atom is 0.0693 e. The van der Waals surface area contributed by atoms with Crippen molar-refractivity contribution in [2.45, 2.75) is 20.0 Å². The molecule has 0 fully saturated rings. The van der Waals surface area contributed by atoms with Gasteiger partial charge in [-0.05, 0) is 41.9 Å². The molecule has 0 atom stereocenters. The highest BCUT2D eigenvalue weighted by atomic mass is 35.5. The van der Waals surface area contributed by atoms with Gasteiger partial charge < -0.3 is 5.73 Å². The predicted octanol–water partition coefficient (Wildman–Crippen LogP) is 3.99. The van der Waals surface area contributed by atoms with Crippen LogP contribution in [0.2, 0.25) is 10.0 Å². The van der Waals surface area contributed by atoms with Crippen molar-refractivity contribution in [3.8, 4) is 0 Å². The first-order valence-electron chi connectivity index (χ1n) is 6.44. The molecule has 0 radical (unpaired) electrons. The van der Waals surface area contributed by atoms with Gasteiger partial charge in [0.1, 0.15) is 0 Å². The monoisotopic (exact) mass is 309 g/mol. The summed E-state index contributed by atoms with van der Waals surface area (Å²) in [5, 5.41) is 1.01. The van der Waals surface area contributed by atoms with Crippen LogP contribution in [0.3, 0.4) is 0 Å². The van der Waals surface area contributed by atoms with Crippen LogP contribution in [0.15, 0.2) is 36.7 Å². The van der Waals surface area contributed by atoms with Crippen molar-refractivity contribution >= 4 is 28.9 Å². The van der Waals surface area contributed by atoms with E-state index in [2.05, 4.69) is 16.8 Å². The Hall–Kier alpha value is -1.29. The van der Waals surface area contributed by atoms with Gasteiger partial charge in [0.25, 0.3) is 0 Å². The minimum Gasteiger partial charge on any atom is -0.396 e. The second kappa shape index (κ2) is 6.93. The van der Waals surface area contributed by atoms with E-state index in [4.69, 9.17) is 28.9 Å². The first-order valence-corrected chi connectivity index (χ1v) is 7.20. The summed E-state index contributed by atoms with van der Waals surface area (Å²) in [6.07, 6.45) is 3.61.